The van der Waals surface area contributed by atoms with Gasteiger partial charge in [-0.05, 0) is 11.1 Å². The summed E-state index contributed by atoms with van der Waals surface area (Å²) in [5.74, 6) is 0. The molecule has 2 heteroatoms. The van der Waals surface area contributed by atoms with Gasteiger partial charge in [-0.25, -0.2) is 4.39 Å². The van der Waals surface area contributed by atoms with Crippen molar-refractivity contribution in [1.82, 2.24) is 4.90 Å². The molecule has 0 amide bonds. The van der Waals surface area contributed by atoms with Gasteiger partial charge < -0.3 is 4.90 Å². The Morgan fingerprint density at radius 3 is 1.63 bits per heavy atom. The van der Waals surface area contributed by atoms with Crippen molar-refractivity contribution in [3.63, 3.8) is 0 Å². The fraction of sp³-hybridized carbons (Fsp3) is 0.176. The number of hydrogen-bond donors (Lipinski definition) is 0. The molecule has 19 heavy (non-hydrogen) atoms. The standard InChI is InChI=1S/C17H18FN/c1-15(12-18)19(13-16-8-4-2-5-9-16)14-17-10-6-3-7-11-17/h2-11H,1,12-14H2. The lowest BCUT2D eigenvalue weighted by Crippen LogP contribution is -2.22. The molecule has 0 bridgehead atoms. The van der Waals surface area contributed by atoms with Gasteiger partial charge in [-0.15, -0.1) is 0 Å². The van der Waals surface area contributed by atoms with Gasteiger partial charge in [0.25, 0.3) is 0 Å². The van der Waals surface area contributed by atoms with Crippen LogP contribution in [0.25, 0.3) is 0 Å². The van der Waals surface area contributed by atoms with Crippen LogP contribution in [-0.4, -0.2) is 11.6 Å². The first-order valence-electron chi connectivity index (χ1n) is 6.36. The van der Waals surface area contributed by atoms with Gasteiger partial charge in [0.15, 0.2) is 0 Å². The number of alkyl halides is 1. The average Bonchev–Trinajstić information content (AvgIpc) is 2.48. The van der Waals surface area contributed by atoms with E-state index in [-0.39, 0.29) is 0 Å². The molecule has 2 aromatic rings. The minimum atomic E-state index is -0.514. The summed E-state index contributed by atoms with van der Waals surface area (Å²) in [7, 11) is 0. The molecule has 0 radical (unpaired) electrons. The number of rotatable bonds is 6. The molecule has 98 valence electrons. The Bertz CT molecular complexity index is 466. The third-order valence-corrected chi connectivity index (χ3v) is 3.03. The Morgan fingerprint density at radius 1 is 0.842 bits per heavy atom. The molecule has 0 saturated heterocycles. The molecule has 0 unspecified atom stereocenters. The van der Waals surface area contributed by atoms with Crippen LogP contribution in [0.2, 0.25) is 0 Å². The van der Waals surface area contributed by atoms with E-state index >= 15 is 0 Å². The molecule has 2 rings (SSSR count). The van der Waals surface area contributed by atoms with E-state index in [1.54, 1.807) is 0 Å². The number of benzene rings is 2. The Balaban J connectivity index is 2.10. The molecule has 0 aliphatic heterocycles. The van der Waals surface area contributed by atoms with Crippen molar-refractivity contribution in [3.05, 3.63) is 84.1 Å². The summed E-state index contributed by atoms with van der Waals surface area (Å²) in [6.45, 7) is 4.66. The molecule has 0 fully saturated rings. The highest BCUT2D eigenvalue weighted by Gasteiger charge is 2.09. The van der Waals surface area contributed by atoms with Crippen molar-refractivity contribution >= 4 is 0 Å². The SMILES string of the molecule is C=C(CF)N(Cc1ccccc1)Cc1ccccc1. The van der Waals surface area contributed by atoms with E-state index in [9.17, 15) is 4.39 Å². The third-order valence-electron chi connectivity index (χ3n) is 3.03. The van der Waals surface area contributed by atoms with E-state index in [0.717, 1.165) is 11.1 Å². The monoisotopic (exact) mass is 255 g/mol. The first kappa shape index (κ1) is 13.3. The molecule has 0 heterocycles. The Labute approximate surface area is 114 Å². The first-order chi connectivity index (χ1) is 9.29. The highest BCUT2D eigenvalue weighted by Crippen LogP contribution is 2.14. The average molecular weight is 255 g/mol. The van der Waals surface area contributed by atoms with E-state index in [0.29, 0.717) is 18.8 Å². The van der Waals surface area contributed by atoms with Crippen LogP contribution in [0.3, 0.4) is 0 Å². The summed E-state index contributed by atoms with van der Waals surface area (Å²) >= 11 is 0. The van der Waals surface area contributed by atoms with Crippen molar-refractivity contribution in [2.75, 3.05) is 6.67 Å². The molecule has 0 N–H and O–H groups in total. The van der Waals surface area contributed by atoms with Crippen molar-refractivity contribution in [2.24, 2.45) is 0 Å². The molecule has 1 nitrogen and oxygen atoms in total. The molecule has 0 spiro atoms. The predicted molar refractivity (Wildman–Crippen MR) is 77.2 cm³/mol. The van der Waals surface area contributed by atoms with Gasteiger partial charge >= 0.3 is 0 Å². The van der Waals surface area contributed by atoms with Gasteiger partial charge in [-0.1, -0.05) is 67.2 Å². The largest absolute Gasteiger partial charge is 0.365 e. The zero-order valence-corrected chi connectivity index (χ0v) is 10.9. The maximum absolute atomic E-state index is 12.9. The third kappa shape index (κ3) is 3.95. The second-order valence-corrected chi connectivity index (χ2v) is 4.53. The fourth-order valence-corrected chi connectivity index (χ4v) is 1.97. The van der Waals surface area contributed by atoms with Gasteiger partial charge in [-0.2, -0.15) is 0 Å². The zero-order chi connectivity index (χ0) is 13.5. The fourth-order valence-electron chi connectivity index (χ4n) is 1.97. The first-order valence-corrected chi connectivity index (χ1v) is 6.36. The van der Waals surface area contributed by atoms with Crippen LogP contribution in [0.15, 0.2) is 72.9 Å². The number of hydrogen-bond acceptors (Lipinski definition) is 1. The normalized spacial score (nSPS) is 10.2. The Morgan fingerprint density at radius 2 is 1.26 bits per heavy atom. The molecule has 2 aromatic carbocycles. The lowest BCUT2D eigenvalue weighted by atomic mass is 10.1. The lowest BCUT2D eigenvalue weighted by Gasteiger charge is -2.25. The summed E-state index contributed by atoms with van der Waals surface area (Å²) in [4.78, 5) is 1.98. The van der Waals surface area contributed by atoms with E-state index in [1.807, 2.05) is 65.6 Å². The van der Waals surface area contributed by atoms with Crippen LogP contribution in [0.4, 0.5) is 4.39 Å². The highest BCUT2D eigenvalue weighted by molar-refractivity contribution is 5.19. The van der Waals surface area contributed by atoms with E-state index in [1.165, 1.54) is 0 Å². The summed E-state index contributed by atoms with van der Waals surface area (Å²) in [5, 5.41) is 0. The van der Waals surface area contributed by atoms with Crippen LogP contribution in [0.1, 0.15) is 11.1 Å². The van der Waals surface area contributed by atoms with Crippen molar-refractivity contribution < 1.29 is 4.39 Å². The molecule has 0 aliphatic rings. The van der Waals surface area contributed by atoms with Crippen LogP contribution >= 0.6 is 0 Å². The van der Waals surface area contributed by atoms with Crippen molar-refractivity contribution in [2.45, 2.75) is 13.1 Å². The molecule has 0 atom stereocenters. The lowest BCUT2D eigenvalue weighted by molar-refractivity contribution is 0.298. The molecular formula is C17H18FN. The van der Waals surface area contributed by atoms with Crippen LogP contribution in [0, 0.1) is 0 Å². The molecular weight excluding hydrogens is 237 g/mol. The van der Waals surface area contributed by atoms with Gasteiger partial charge in [0, 0.05) is 18.8 Å². The quantitative estimate of drug-likeness (QED) is 0.748. The van der Waals surface area contributed by atoms with Gasteiger partial charge in [0.2, 0.25) is 0 Å². The molecule has 0 saturated carbocycles. The van der Waals surface area contributed by atoms with E-state index in [4.69, 9.17) is 0 Å². The summed E-state index contributed by atoms with van der Waals surface area (Å²) in [6, 6.07) is 20.1. The Kier molecular flexibility index (Phi) is 4.73. The number of nitrogens with zero attached hydrogens (tertiary/aromatic N) is 1. The summed E-state index contributed by atoms with van der Waals surface area (Å²) in [6.07, 6.45) is 0. The molecule has 0 aliphatic carbocycles. The summed E-state index contributed by atoms with van der Waals surface area (Å²) in [5.41, 5.74) is 2.84. The topological polar surface area (TPSA) is 3.24 Å². The minimum Gasteiger partial charge on any atom is -0.365 e. The van der Waals surface area contributed by atoms with Crippen LogP contribution < -0.4 is 0 Å². The highest BCUT2D eigenvalue weighted by atomic mass is 19.1. The van der Waals surface area contributed by atoms with E-state index in [2.05, 4.69) is 6.58 Å². The van der Waals surface area contributed by atoms with Crippen LogP contribution in [0.5, 0.6) is 0 Å². The molecule has 0 aromatic heterocycles. The minimum absolute atomic E-state index is 0.514. The second kappa shape index (κ2) is 6.74. The van der Waals surface area contributed by atoms with E-state index < -0.39 is 6.67 Å². The van der Waals surface area contributed by atoms with Crippen molar-refractivity contribution in [3.8, 4) is 0 Å². The number of halogens is 1. The van der Waals surface area contributed by atoms with Crippen molar-refractivity contribution in [1.29, 1.82) is 0 Å². The maximum atomic E-state index is 12.9. The summed E-state index contributed by atoms with van der Waals surface area (Å²) < 4.78 is 12.9. The van der Waals surface area contributed by atoms with Gasteiger partial charge in [0.1, 0.15) is 6.67 Å². The zero-order valence-electron chi connectivity index (χ0n) is 10.9. The Hall–Kier alpha value is -2.09. The predicted octanol–water partition coefficient (Wildman–Crippen LogP) is 4.17. The maximum Gasteiger partial charge on any atom is 0.128 e. The second-order valence-electron chi connectivity index (χ2n) is 4.53. The van der Waals surface area contributed by atoms with Crippen LogP contribution in [-0.2, 0) is 13.1 Å². The smallest absolute Gasteiger partial charge is 0.128 e. The van der Waals surface area contributed by atoms with Gasteiger partial charge in [-0.3, -0.25) is 0 Å². The number of allylic oxidation sites excluding steroid dienone is 1. The van der Waals surface area contributed by atoms with Gasteiger partial charge in [0.05, 0.1) is 0 Å².